The quantitative estimate of drug-likeness (QED) is 0.322. The van der Waals surface area contributed by atoms with Crippen molar-refractivity contribution in [2.24, 2.45) is 5.73 Å². The highest BCUT2D eigenvalue weighted by Crippen LogP contribution is 2.30. The van der Waals surface area contributed by atoms with Crippen molar-refractivity contribution < 1.29 is 4.79 Å². The molecule has 154 valence electrons. The highest BCUT2D eigenvalue weighted by atomic mass is 32.2. The van der Waals surface area contributed by atoms with Crippen LogP contribution in [0.25, 0.3) is 21.1 Å². The van der Waals surface area contributed by atoms with E-state index in [9.17, 15) is 4.79 Å². The van der Waals surface area contributed by atoms with E-state index in [1.807, 2.05) is 18.2 Å². The first-order valence-corrected chi connectivity index (χ1v) is 11.8. The van der Waals surface area contributed by atoms with E-state index in [4.69, 9.17) is 10.7 Å². The molecular weight excluding hydrogens is 424 g/mol. The van der Waals surface area contributed by atoms with Gasteiger partial charge in [0.15, 0.2) is 0 Å². The fourth-order valence-corrected chi connectivity index (χ4v) is 5.07. The standard InChI is InChI=1S/C24H20N4OS2/c1-30-18-9-7-17(8-10-18)26-24-27-20-13-16(23(25)29)6-11-21(20)28(24)14-19-12-15-4-2-3-5-22(15)31-19/h2-13H,14H2,1H3,(H2,25,29)(H,26,27). The minimum atomic E-state index is -0.455. The van der Waals surface area contributed by atoms with E-state index in [-0.39, 0.29) is 0 Å². The molecule has 0 bridgehead atoms. The summed E-state index contributed by atoms with van der Waals surface area (Å²) < 4.78 is 3.41. The summed E-state index contributed by atoms with van der Waals surface area (Å²) in [5, 5.41) is 4.69. The number of amides is 1. The van der Waals surface area contributed by atoms with Crippen LogP contribution in [-0.2, 0) is 6.54 Å². The third-order valence-electron chi connectivity index (χ3n) is 5.17. The zero-order valence-electron chi connectivity index (χ0n) is 16.8. The van der Waals surface area contributed by atoms with Crippen LogP contribution in [0.3, 0.4) is 0 Å². The third-order valence-corrected chi connectivity index (χ3v) is 7.01. The summed E-state index contributed by atoms with van der Waals surface area (Å²) in [4.78, 5) is 18.9. The zero-order chi connectivity index (χ0) is 21.4. The second-order valence-corrected chi connectivity index (χ2v) is 9.24. The van der Waals surface area contributed by atoms with E-state index in [2.05, 4.69) is 58.6 Å². The molecule has 5 nitrogen and oxygen atoms in total. The first-order chi connectivity index (χ1) is 15.1. The van der Waals surface area contributed by atoms with Crippen LogP contribution in [0.1, 0.15) is 15.2 Å². The van der Waals surface area contributed by atoms with Gasteiger partial charge >= 0.3 is 0 Å². The summed E-state index contributed by atoms with van der Waals surface area (Å²) in [6, 6.07) is 24.3. The summed E-state index contributed by atoms with van der Waals surface area (Å²) in [6.45, 7) is 0.678. The fraction of sp³-hybridized carbons (Fsp3) is 0.0833. The molecule has 2 aromatic heterocycles. The van der Waals surface area contributed by atoms with Gasteiger partial charge in [0.2, 0.25) is 11.9 Å². The summed E-state index contributed by atoms with van der Waals surface area (Å²) in [6.07, 6.45) is 2.06. The van der Waals surface area contributed by atoms with E-state index < -0.39 is 5.91 Å². The van der Waals surface area contributed by atoms with Crippen LogP contribution < -0.4 is 11.1 Å². The van der Waals surface area contributed by atoms with E-state index in [1.165, 1.54) is 19.9 Å². The number of fused-ring (bicyclic) bond motifs is 2. The lowest BCUT2D eigenvalue weighted by molar-refractivity contribution is 0.100. The van der Waals surface area contributed by atoms with Crippen molar-refractivity contribution in [1.29, 1.82) is 0 Å². The molecule has 0 saturated carbocycles. The Kier molecular flexibility index (Phi) is 5.13. The first-order valence-electron chi connectivity index (χ1n) is 9.79. The molecule has 5 aromatic rings. The molecule has 3 N–H and O–H groups in total. The van der Waals surface area contributed by atoms with Gasteiger partial charge in [-0.05, 0) is 66.2 Å². The average molecular weight is 445 g/mol. The number of thioether (sulfide) groups is 1. The lowest BCUT2D eigenvalue weighted by Crippen LogP contribution is -2.10. The Morgan fingerprint density at radius 1 is 1.10 bits per heavy atom. The minimum Gasteiger partial charge on any atom is -0.366 e. The van der Waals surface area contributed by atoms with Crippen molar-refractivity contribution in [2.75, 3.05) is 11.6 Å². The number of anilines is 2. The minimum absolute atomic E-state index is 0.454. The number of imidazole rings is 1. The maximum absolute atomic E-state index is 11.6. The van der Waals surface area contributed by atoms with Crippen molar-refractivity contribution in [2.45, 2.75) is 11.4 Å². The molecule has 7 heteroatoms. The van der Waals surface area contributed by atoms with Gasteiger partial charge < -0.3 is 15.6 Å². The predicted octanol–water partition coefficient (Wildman–Crippen LogP) is 5.86. The number of hydrogen-bond donors (Lipinski definition) is 2. The summed E-state index contributed by atoms with van der Waals surface area (Å²) in [5.41, 5.74) is 8.58. The van der Waals surface area contributed by atoms with Crippen LogP contribution in [0.4, 0.5) is 11.6 Å². The highest BCUT2D eigenvalue weighted by Gasteiger charge is 2.15. The second kappa shape index (κ2) is 8.09. The second-order valence-electron chi connectivity index (χ2n) is 7.19. The Hall–Kier alpha value is -3.29. The molecule has 0 atom stereocenters. The van der Waals surface area contributed by atoms with Gasteiger partial charge in [0.05, 0.1) is 17.6 Å². The summed E-state index contributed by atoms with van der Waals surface area (Å²) in [5.74, 6) is 0.272. The topological polar surface area (TPSA) is 72.9 Å². The van der Waals surface area contributed by atoms with Crippen LogP contribution >= 0.6 is 23.1 Å². The molecule has 0 aliphatic carbocycles. The number of carbonyl (C=O) groups is 1. The van der Waals surface area contributed by atoms with Crippen LogP contribution in [0, 0.1) is 0 Å². The van der Waals surface area contributed by atoms with Crippen molar-refractivity contribution in [1.82, 2.24) is 9.55 Å². The predicted molar refractivity (Wildman–Crippen MR) is 131 cm³/mol. The first kappa shape index (κ1) is 19.7. The zero-order valence-corrected chi connectivity index (χ0v) is 18.5. The van der Waals surface area contributed by atoms with Gasteiger partial charge in [-0.25, -0.2) is 4.98 Å². The lowest BCUT2D eigenvalue weighted by atomic mass is 10.2. The molecule has 0 spiro atoms. The van der Waals surface area contributed by atoms with Gasteiger partial charge in [-0.1, -0.05) is 18.2 Å². The van der Waals surface area contributed by atoms with Gasteiger partial charge in [-0.2, -0.15) is 0 Å². The number of thiophene rings is 1. The molecular formula is C24H20N4OS2. The molecule has 0 unspecified atom stereocenters. The number of nitrogens with zero attached hydrogens (tertiary/aromatic N) is 2. The Bertz CT molecular complexity index is 1370. The maximum atomic E-state index is 11.6. The fourth-order valence-electron chi connectivity index (χ4n) is 3.61. The molecule has 1 amide bonds. The number of carbonyl (C=O) groups excluding carboxylic acids is 1. The van der Waals surface area contributed by atoms with E-state index >= 15 is 0 Å². The molecule has 0 saturated heterocycles. The molecule has 0 fully saturated rings. The van der Waals surface area contributed by atoms with E-state index in [0.29, 0.717) is 12.1 Å². The lowest BCUT2D eigenvalue weighted by Gasteiger charge is -2.10. The molecule has 31 heavy (non-hydrogen) atoms. The number of nitrogens with two attached hydrogens (primary N) is 1. The molecule has 0 aliphatic heterocycles. The van der Waals surface area contributed by atoms with Crippen LogP contribution in [0.15, 0.2) is 77.7 Å². The number of hydrogen-bond acceptors (Lipinski definition) is 5. The van der Waals surface area contributed by atoms with Crippen LogP contribution in [0.2, 0.25) is 0 Å². The number of primary amides is 1. The van der Waals surface area contributed by atoms with Gasteiger partial charge in [0.1, 0.15) is 0 Å². The molecule has 5 rings (SSSR count). The number of benzene rings is 3. The van der Waals surface area contributed by atoms with E-state index in [1.54, 1.807) is 35.2 Å². The van der Waals surface area contributed by atoms with Crippen molar-refractivity contribution >= 4 is 61.8 Å². The molecule has 3 aromatic carbocycles. The molecule has 0 radical (unpaired) electrons. The van der Waals surface area contributed by atoms with Crippen LogP contribution in [-0.4, -0.2) is 21.7 Å². The highest BCUT2D eigenvalue weighted by molar-refractivity contribution is 7.98. The summed E-state index contributed by atoms with van der Waals surface area (Å²) in [7, 11) is 0. The van der Waals surface area contributed by atoms with Gasteiger partial charge in [0.25, 0.3) is 0 Å². The van der Waals surface area contributed by atoms with Crippen molar-refractivity contribution in [3.05, 3.63) is 83.2 Å². The summed E-state index contributed by atoms with van der Waals surface area (Å²) >= 11 is 3.49. The van der Waals surface area contributed by atoms with Crippen molar-refractivity contribution in [3.8, 4) is 0 Å². The van der Waals surface area contributed by atoms with Crippen molar-refractivity contribution in [3.63, 3.8) is 0 Å². The largest absolute Gasteiger partial charge is 0.366 e. The Morgan fingerprint density at radius 3 is 2.65 bits per heavy atom. The normalized spacial score (nSPS) is 11.3. The number of aromatic nitrogens is 2. The van der Waals surface area contributed by atoms with Gasteiger partial charge in [0, 0.05) is 25.7 Å². The van der Waals surface area contributed by atoms with Gasteiger partial charge in [-0.3, -0.25) is 4.79 Å². The average Bonchev–Trinajstić information content (AvgIpc) is 3.34. The van der Waals surface area contributed by atoms with Crippen LogP contribution in [0.5, 0.6) is 0 Å². The maximum Gasteiger partial charge on any atom is 0.248 e. The monoisotopic (exact) mass is 444 g/mol. The molecule has 0 aliphatic rings. The Morgan fingerprint density at radius 2 is 1.90 bits per heavy atom. The smallest absolute Gasteiger partial charge is 0.248 e. The SMILES string of the molecule is CSc1ccc(Nc2nc3cc(C(N)=O)ccc3n2Cc2cc3ccccc3s2)cc1. The Labute approximate surface area is 187 Å². The Balaban J connectivity index is 1.58. The van der Waals surface area contributed by atoms with Gasteiger partial charge in [-0.15, -0.1) is 23.1 Å². The molecule has 2 heterocycles. The number of nitrogens with one attached hydrogen (secondary N) is 1. The number of rotatable bonds is 6. The van der Waals surface area contributed by atoms with E-state index in [0.717, 1.165) is 22.7 Å². The third kappa shape index (κ3) is 3.89.